The summed E-state index contributed by atoms with van der Waals surface area (Å²) in [5.41, 5.74) is -1.64. The summed E-state index contributed by atoms with van der Waals surface area (Å²) in [6.45, 7) is 8.64. The number of piperazine rings is 1. The number of sulfone groups is 1. The summed E-state index contributed by atoms with van der Waals surface area (Å²) in [7, 11) is -10.9. The number of fused-ring (bicyclic) bond motifs is 1. The minimum absolute atomic E-state index is 0.00994. The van der Waals surface area contributed by atoms with Crippen LogP contribution in [0, 0.1) is 11.8 Å². The Kier molecular flexibility index (Phi) is 14.9. The molecule has 4 aromatic carbocycles. The van der Waals surface area contributed by atoms with Crippen LogP contribution in [-0.4, -0.2) is 129 Å². The van der Waals surface area contributed by atoms with E-state index in [2.05, 4.69) is 20.0 Å². The zero-order valence-corrected chi connectivity index (χ0v) is 38.7. The number of carbonyl (C=O) groups excluding carboxylic acids is 1. The van der Waals surface area contributed by atoms with Crippen LogP contribution in [0.15, 0.2) is 117 Å². The lowest BCUT2D eigenvalue weighted by Crippen LogP contribution is -2.47. The normalized spacial score (nSPS) is 20.5. The number of benzene rings is 4. The second kappa shape index (κ2) is 20.4. The van der Waals surface area contributed by atoms with Crippen molar-refractivity contribution < 1.29 is 44.3 Å². The van der Waals surface area contributed by atoms with Crippen LogP contribution >= 0.6 is 23.4 Å². The fourth-order valence-electron chi connectivity index (χ4n) is 8.84. The summed E-state index contributed by atoms with van der Waals surface area (Å²) in [5, 5.41) is 3.72. The number of nitrogens with one attached hydrogen (secondary N) is 2. The quantitative estimate of drug-likeness (QED) is 0.109. The molecule has 4 aliphatic rings. The van der Waals surface area contributed by atoms with Crippen LogP contribution in [0.2, 0.25) is 5.02 Å². The molecule has 4 aromatic rings. The largest absolute Gasteiger partial charge is 0.501 e. The molecule has 0 saturated carbocycles. The molecular formula is C46H51ClF3N5O7S3. The summed E-state index contributed by atoms with van der Waals surface area (Å²) in [6, 6.07) is 25.6. The predicted octanol–water partition coefficient (Wildman–Crippen LogP) is 7.29. The van der Waals surface area contributed by atoms with Gasteiger partial charge in [0, 0.05) is 97.2 Å². The lowest BCUT2D eigenvalue weighted by molar-refractivity contribution is -0.0435. The van der Waals surface area contributed by atoms with Gasteiger partial charge in [-0.05, 0) is 96.3 Å². The van der Waals surface area contributed by atoms with E-state index in [0.29, 0.717) is 81.2 Å². The van der Waals surface area contributed by atoms with E-state index in [1.807, 2.05) is 59.3 Å². The number of carbonyl (C=O) groups is 1. The molecule has 0 bridgehead atoms. The molecule has 2 N–H and O–H groups in total. The summed E-state index contributed by atoms with van der Waals surface area (Å²) < 4.78 is 109. The number of sulfonamides is 1. The molecule has 8 rings (SSSR count). The first-order valence-corrected chi connectivity index (χ1v) is 25.8. The van der Waals surface area contributed by atoms with Crippen molar-refractivity contribution in [1.82, 2.24) is 14.5 Å². The number of amides is 1. The molecule has 3 saturated heterocycles. The minimum atomic E-state index is -6.06. The van der Waals surface area contributed by atoms with E-state index in [9.17, 15) is 34.8 Å². The third kappa shape index (κ3) is 11.5. The fourth-order valence-corrected chi connectivity index (χ4v) is 12.0. The highest BCUT2D eigenvalue weighted by Crippen LogP contribution is 2.37. The molecule has 0 spiro atoms. The van der Waals surface area contributed by atoms with Crippen molar-refractivity contribution in [2.45, 2.75) is 39.1 Å². The van der Waals surface area contributed by atoms with E-state index in [0.717, 1.165) is 67.4 Å². The van der Waals surface area contributed by atoms with Gasteiger partial charge in [-0.15, -0.1) is 11.8 Å². The number of anilines is 2. The first kappa shape index (κ1) is 47.4. The van der Waals surface area contributed by atoms with Crippen molar-refractivity contribution in [1.29, 1.82) is 0 Å². The summed E-state index contributed by atoms with van der Waals surface area (Å²) >= 11 is 7.59. The Bertz CT molecular complexity index is 2550. The summed E-state index contributed by atoms with van der Waals surface area (Å²) in [4.78, 5) is 19.0. The van der Waals surface area contributed by atoms with E-state index >= 15 is 0 Å². The number of hydrogen-bond acceptors (Lipinski definition) is 12. The fraction of sp³-hybridized carbons (Fsp3) is 0.413. The first-order chi connectivity index (χ1) is 31.1. The molecule has 0 aromatic heterocycles. The van der Waals surface area contributed by atoms with E-state index in [-0.39, 0.29) is 5.56 Å². The van der Waals surface area contributed by atoms with Gasteiger partial charge < -0.3 is 24.6 Å². The third-order valence-electron chi connectivity index (χ3n) is 12.4. The molecular weight excluding hydrogens is 923 g/mol. The van der Waals surface area contributed by atoms with Crippen molar-refractivity contribution in [3.8, 4) is 0 Å². The zero-order chi connectivity index (χ0) is 45.8. The SMILES string of the molecule is O=C(NS(=O)(=O)c1ccc(N[C@H](CCN2C[C@H]3COC[C@H]3C2)CSc2ccccc2)c(S(=O)(=O)C(F)(F)F)c1)c1ccc(N2CCN(CC3=C(c4ccc(Cl)cc4)CCOC3)CC2)cc1. The van der Waals surface area contributed by atoms with Crippen LogP contribution in [-0.2, 0) is 29.3 Å². The molecule has 4 aliphatic heterocycles. The maximum atomic E-state index is 14.2. The first-order valence-electron chi connectivity index (χ1n) is 21.5. The maximum absolute atomic E-state index is 14.2. The molecule has 3 fully saturated rings. The topological polar surface area (TPSA) is 138 Å². The molecule has 19 heteroatoms. The molecule has 348 valence electrons. The number of likely N-dealkylation sites (tertiary alicyclic amines) is 1. The van der Waals surface area contributed by atoms with Gasteiger partial charge in [0.05, 0.1) is 37.0 Å². The second-order valence-corrected chi connectivity index (χ2v) is 21.9. The molecule has 1 amide bonds. The van der Waals surface area contributed by atoms with Gasteiger partial charge in [-0.2, -0.15) is 13.2 Å². The lowest BCUT2D eigenvalue weighted by Gasteiger charge is -2.37. The summed E-state index contributed by atoms with van der Waals surface area (Å²) in [6.07, 6.45) is 1.30. The Morgan fingerprint density at radius 3 is 2.22 bits per heavy atom. The smallest absolute Gasteiger partial charge is 0.381 e. The highest BCUT2D eigenvalue weighted by molar-refractivity contribution is 7.99. The van der Waals surface area contributed by atoms with Gasteiger partial charge in [0.1, 0.15) is 4.90 Å². The number of thioether (sulfide) groups is 1. The Morgan fingerprint density at radius 2 is 1.54 bits per heavy atom. The van der Waals surface area contributed by atoms with E-state index < -0.39 is 52.8 Å². The number of rotatable bonds is 16. The standard InChI is InChI=1S/C46H51ClF3N5O7S3/c47-37-10-6-32(7-11-37)42-17-23-61-30-36(42)27-53-19-21-55(22-20-53)39-12-8-33(9-13-39)45(56)52-65(59,60)41-14-15-43(44(24-41)64(57,58)46(48,49)50)51-38(31-63-40-4-2-1-3-5-40)16-18-54-25-34-28-62-29-35(34)26-54/h1-15,24,34-35,38,51H,16-23,25-31H2,(H,52,56)/t34-,35+,38-/m1/s1. The van der Waals surface area contributed by atoms with Gasteiger partial charge in [0.2, 0.25) is 0 Å². The van der Waals surface area contributed by atoms with Crippen LogP contribution in [0.5, 0.6) is 0 Å². The van der Waals surface area contributed by atoms with Crippen molar-refractivity contribution >= 4 is 66.1 Å². The van der Waals surface area contributed by atoms with Crippen LogP contribution in [0.1, 0.15) is 28.8 Å². The average Bonchev–Trinajstić information content (AvgIpc) is 3.91. The average molecular weight is 975 g/mol. The third-order valence-corrected chi connectivity index (χ3v) is 16.7. The maximum Gasteiger partial charge on any atom is 0.501 e. The van der Waals surface area contributed by atoms with Gasteiger partial charge in [-0.3, -0.25) is 9.69 Å². The molecule has 0 aliphatic carbocycles. The Balaban J connectivity index is 0.928. The Labute approximate surface area is 387 Å². The highest BCUT2D eigenvalue weighted by Gasteiger charge is 2.48. The molecule has 3 atom stereocenters. The van der Waals surface area contributed by atoms with Crippen molar-refractivity contribution in [3.05, 3.63) is 119 Å². The number of alkyl halides is 3. The van der Waals surface area contributed by atoms with Crippen molar-refractivity contribution in [3.63, 3.8) is 0 Å². The molecule has 65 heavy (non-hydrogen) atoms. The van der Waals surface area contributed by atoms with Crippen LogP contribution in [0.3, 0.4) is 0 Å². The van der Waals surface area contributed by atoms with Crippen LogP contribution < -0.4 is 14.9 Å². The lowest BCUT2D eigenvalue weighted by atomic mass is 9.95. The molecule has 4 heterocycles. The van der Waals surface area contributed by atoms with Crippen molar-refractivity contribution in [2.24, 2.45) is 11.8 Å². The van der Waals surface area contributed by atoms with E-state index in [1.165, 1.54) is 35.0 Å². The number of halogens is 4. The Morgan fingerprint density at radius 1 is 0.846 bits per heavy atom. The van der Waals surface area contributed by atoms with E-state index in [4.69, 9.17) is 21.1 Å². The highest BCUT2D eigenvalue weighted by atomic mass is 35.5. The van der Waals surface area contributed by atoms with Gasteiger partial charge in [0.15, 0.2) is 0 Å². The van der Waals surface area contributed by atoms with Gasteiger partial charge in [-0.25, -0.2) is 21.6 Å². The van der Waals surface area contributed by atoms with Gasteiger partial charge >= 0.3 is 5.51 Å². The number of ether oxygens (including phenoxy) is 2. The molecule has 0 radical (unpaired) electrons. The van der Waals surface area contributed by atoms with Crippen LogP contribution in [0.4, 0.5) is 24.5 Å². The Hall–Kier alpha value is -4.14. The number of nitrogens with zero attached hydrogens (tertiary/aromatic N) is 3. The zero-order valence-electron chi connectivity index (χ0n) is 35.5. The summed E-state index contributed by atoms with van der Waals surface area (Å²) in [5.74, 6) is 0.199. The number of hydrogen-bond donors (Lipinski definition) is 2. The monoisotopic (exact) mass is 973 g/mol. The molecule has 12 nitrogen and oxygen atoms in total. The van der Waals surface area contributed by atoms with Crippen molar-refractivity contribution in [2.75, 3.05) is 94.8 Å². The van der Waals surface area contributed by atoms with Gasteiger partial charge in [0.25, 0.3) is 25.8 Å². The molecule has 0 unspecified atom stereocenters. The van der Waals surface area contributed by atoms with E-state index in [1.54, 1.807) is 12.1 Å². The second-order valence-electron chi connectivity index (χ2n) is 16.8. The van der Waals surface area contributed by atoms with Gasteiger partial charge in [-0.1, -0.05) is 41.9 Å². The predicted molar refractivity (Wildman–Crippen MR) is 247 cm³/mol. The van der Waals surface area contributed by atoms with Crippen LogP contribution in [0.25, 0.3) is 5.57 Å². The minimum Gasteiger partial charge on any atom is -0.381 e.